The largest absolute Gasteiger partial charge is 0.317 e. The molecule has 2 nitrogen and oxygen atoms in total. The Kier molecular flexibility index (Phi) is 7.03. The second-order valence-electron chi connectivity index (χ2n) is 4.77. The van der Waals surface area contributed by atoms with Crippen molar-refractivity contribution in [1.82, 2.24) is 10.6 Å². The Morgan fingerprint density at radius 2 is 1.60 bits per heavy atom. The molecule has 0 aliphatic heterocycles. The van der Waals surface area contributed by atoms with Crippen LogP contribution in [0.4, 0.5) is 0 Å². The molecule has 1 aliphatic rings. The van der Waals surface area contributed by atoms with Gasteiger partial charge in [0, 0.05) is 0 Å². The molecule has 15 heavy (non-hydrogen) atoms. The summed E-state index contributed by atoms with van der Waals surface area (Å²) < 4.78 is 0. The lowest BCUT2D eigenvalue weighted by molar-refractivity contribution is 0.166. The summed E-state index contributed by atoms with van der Waals surface area (Å²) in [5.41, 5.74) is 0. The third kappa shape index (κ3) is 4.98. The molecule has 0 spiro atoms. The minimum atomic E-state index is 0.990. The molecule has 0 aromatic rings. The van der Waals surface area contributed by atoms with Crippen LogP contribution in [0.25, 0.3) is 0 Å². The van der Waals surface area contributed by atoms with Gasteiger partial charge in [-0.25, -0.2) is 0 Å². The molecule has 0 aromatic carbocycles. The van der Waals surface area contributed by atoms with Crippen LogP contribution in [0.15, 0.2) is 0 Å². The van der Waals surface area contributed by atoms with E-state index in [1.807, 2.05) is 0 Å². The third-order valence-electron chi connectivity index (χ3n) is 3.71. The average Bonchev–Trinajstić information content (AvgIpc) is 2.21. The van der Waals surface area contributed by atoms with E-state index in [4.69, 9.17) is 0 Å². The van der Waals surface area contributed by atoms with Gasteiger partial charge in [0.1, 0.15) is 0 Å². The van der Waals surface area contributed by atoms with Gasteiger partial charge < -0.3 is 10.6 Å². The summed E-state index contributed by atoms with van der Waals surface area (Å²) in [6.45, 7) is 9.25. The molecule has 2 heteroatoms. The van der Waals surface area contributed by atoms with Gasteiger partial charge in [-0.2, -0.15) is 0 Å². The van der Waals surface area contributed by atoms with Gasteiger partial charge in [-0.15, -0.1) is 0 Å². The Morgan fingerprint density at radius 3 is 2.13 bits per heavy atom. The molecule has 1 saturated carbocycles. The maximum Gasteiger partial charge on any atom is -0.00179 e. The van der Waals surface area contributed by atoms with E-state index in [0.717, 1.165) is 18.4 Å². The third-order valence-corrected chi connectivity index (χ3v) is 3.71. The van der Waals surface area contributed by atoms with E-state index < -0.39 is 0 Å². The van der Waals surface area contributed by atoms with Crippen molar-refractivity contribution in [1.29, 1.82) is 0 Å². The second kappa shape index (κ2) is 8.12. The Hall–Kier alpha value is -0.0800. The molecule has 0 bridgehead atoms. The Bertz CT molecular complexity index is 145. The van der Waals surface area contributed by atoms with Gasteiger partial charge in [-0.3, -0.25) is 0 Å². The van der Waals surface area contributed by atoms with Gasteiger partial charge in [-0.1, -0.05) is 20.3 Å². The molecular formula is C13H28N2. The smallest absolute Gasteiger partial charge is 0.00179 e. The van der Waals surface area contributed by atoms with Crippen molar-refractivity contribution < 1.29 is 0 Å². The van der Waals surface area contributed by atoms with Crippen LogP contribution in [0.1, 0.15) is 46.0 Å². The minimum absolute atomic E-state index is 0.990. The molecule has 1 fully saturated rings. The summed E-state index contributed by atoms with van der Waals surface area (Å²) in [7, 11) is 0. The van der Waals surface area contributed by atoms with Crippen molar-refractivity contribution in [2.45, 2.75) is 46.0 Å². The van der Waals surface area contributed by atoms with Crippen LogP contribution in [0.3, 0.4) is 0 Å². The lowest BCUT2D eigenvalue weighted by Crippen LogP contribution is -2.35. The van der Waals surface area contributed by atoms with Crippen molar-refractivity contribution in [3.63, 3.8) is 0 Å². The van der Waals surface area contributed by atoms with Crippen molar-refractivity contribution in [2.75, 3.05) is 26.2 Å². The highest BCUT2D eigenvalue weighted by Gasteiger charge is 2.28. The molecule has 0 heterocycles. The molecule has 1 aliphatic carbocycles. The Morgan fingerprint density at radius 1 is 0.933 bits per heavy atom. The number of hydrogen-bond donors (Lipinski definition) is 2. The predicted octanol–water partition coefficient (Wildman–Crippen LogP) is 2.40. The highest BCUT2D eigenvalue weighted by atomic mass is 14.9. The van der Waals surface area contributed by atoms with E-state index in [-0.39, 0.29) is 0 Å². The highest BCUT2D eigenvalue weighted by molar-refractivity contribution is 4.81. The molecular weight excluding hydrogens is 184 g/mol. The summed E-state index contributed by atoms with van der Waals surface area (Å²) in [6, 6.07) is 0. The standard InChI is InChI=1S/C13H28N2/c1-3-12-7-8-13(12)11-15-10-6-5-9-14-4-2/h12-15H,3-11H2,1-2H3. The zero-order valence-electron chi connectivity index (χ0n) is 10.5. The summed E-state index contributed by atoms with van der Waals surface area (Å²) in [5.74, 6) is 2.02. The van der Waals surface area contributed by atoms with Crippen molar-refractivity contribution in [3.8, 4) is 0 Å². The van der Waals surface area contributed by atoms with Crippen LogP contribution in [0.2, 0.25) is 0 Å². The molecule has 2 atom stereocenters. The number of nitrogens with one attached hydrogen (secondary N) is 2. The Balaban J connectivity index is 1.81. The first kappa shape index (κ1) is 13.0. The van der Waals surface area contributed by atoms with Gasteiger partial charge in [-0.05, 0) is 63.7 Å². The predicted molar refractivity (Wildman–Crippen MR) is 67.2 cm³/mol. The summed E-state index contributed by atoms with van der Waals surface area (Å²) in [6.07, 6.45) is 6.94. The minimum Gasteiger partial charge on any atom is -0.317 e. The first-order valence-corrected chi connectivity index (χ1v) is 6.79. The molecule has 90 valence electrons. The summed E-state index contributed by atoms with van der Waals surface area (Å²) in [5, 5.41) is 6.96. The molecule has 1 rings (SSSR count). The molecule has 0 saturated heterocycles. The normalized spacial score (nSPS) is 25.2. The summed E-state index contributed by atoms with van der Waals surface area (Å²) >= 11 is 0. The molecule has 2 unspecified atom stereocenters. The molecule has 2 N–H and O–H groups in total. The van der Waals surface area contributed by atoms with E-state index in [0.29, 0.717) is 0 Å². The fourth-order valence-electron chi connectivity index (χ4n) is 2.41. The maximum atomic E-state index is 3.60. The number of unbranched alkanes of at least 4 members (excludes halogenated alkanes) is 1. The molecule has 0 radical (unpaired) electrons. The van der Waals surface area contributed by atoms with Crippen molar-refractivity contribution in [2.24, 2.45) is 11.8 Å². The monoisotopic (exact) mass is 212 g/mol. The van der Waals surface area contributed by atoms with Crippen LogP contribution < -0.4 is 10.6 Å². The van der Waals surface area contributed by atoms with Gasteiger partial charge in [0.05, 0.1) is 0 Å². The quantitative estimate of drug-likeness (QED) is 0.574. The second-order valence-corrected chi connectivity index (χ2v) is 4.77. The van der Waals surface area contributed by atoms with E-state index >= 15 is 0 Å². The van der Waals surface area contributed by atoms with Gasteiger partial charge in [0.15, 0.2) is 0 Å². The first-order chi connectivity index (χ1) is 7.38. The number of hydrogen-bond acceptors (Lipinski definition) is 2. The fraction of sp³-hybridized carbons (Fsp3) is 1.00. The van der Waals surface area contributed by atoms with Crippen LogP contribution in [-0.4, -0.2) is 26.2 Å². The zero-order valence-corrected chi connectivity index (χ0v) is 10.5. The lowest BCUT2D eigenvalue weighted by atomic mass is 9.72. The van der Waals surface area contributed by atoms with Gasteiger partial charge in [0.25, 0.3) is 0 Å². The van der Waals surface area contributed by atoms with E-state index in [9.17, 15) is 0 Å². The van der Waals surface area contributed by atoms with Gasteiger partial charge in [0.2, 0.25) is 0 Å². The highest BCUT2D eigenvalue weighted by Crippen LogP contribution is 2.35. The van der Waals surface area contributed by atoms with E-state index in [2.05, 4.69) is 24.5 Å². The average molecular weight is 212 g/mol. The van der Waals surface area contributed by atoms with Crippen molar-refractivity contribution in [3.05, 3.63) is 0 Å². The van der Waals surface area contributed by atoms with E-state index in [1.54, 1.807) is 0 Å². The Labute approximate surface area is 95.2 Å². The van der Waals surface area contributed by atoms with Crippen LogP contribution >= 0.6 is 0 Å². The van der Waals surface area contributed by atoms with Crippen LogP contribution in [0, 0.1) is 11.8 Å². The fourth-order valence-corrected chi connectivity index (χ4v) is 2.41. The van der Waals surface area contributed by atoms with E-state index in [1.165, 1.54) is 51.7 Å². The maximum absolute atomic E-state index is 3.60. The SMILES string of the molecule is CCNCCCCNCC1CCC1CC. The first-order valence-electron chi connectivity index (χ1n) is 6.79. The van der Waals surface area contributed by atoms with Crippen molar-refractivity contribution >= 4 is 0 Å². The molecule has 0 aromatic heterocycles. The van der Waals surface area contributed by atoms with Crippen LogP contribution in [-0.2, 0) is 0 Å². The van der Waals surface area contributed by atoms with Gasteiger partial charge >= 0.3 is 0 Å². The topological polar surface area (TPSA) is 24.1 Å². The molecule has 0 amide bonds. The van der Waals surface area contributed by atoms with Crippen LogP contribution in [0.5, 0.6) is 0 Å². The zero-order chi connectivity index (χ0) is 10.9. The number of rotatable bonds is 9. The summed E-state index contributed by atoms with van der Waals surface area (Å²) in [4.78, 5) is 0. The lowest BCUT2D eigenvalue weighted by Gasteiger charge is -2.36.